The molecule has 6 heteroatoms. The van der Waals surface area contributed by atoms with E-state index < -0.39 is 0 Å². The van der Waals surface area contributed by atoms with Crippen molar-refractivity contribution in [3.8, 4) is 17.0 Å². The minimum Gasteiger partial charge on any atom is -0.489 e. The molecule has 0 saturated carbocycles. The molecule has 0 N–H and O–H groups in total. The van der Waals surface area contributed by atoms with E-state index in [0.717, 1.165) is 67.1 Å². The first kappa shape index (κ1) is 23.7. The van der Waals surface area contributed by atoms with Gasteiger partial charge < -0.3 is 9.64 Å². The third kappa shape index (κ3) is 5.78. The third-order valence-corrected chi connectivity index (χ3v) is 6.42. The van der Waals surface area contributed by atoms with E-state index in [2.05, 4.69) is 9.80 Å². The van der Waals surface area contributed by atoms with E-state index in [9.17, 15) is 9.18 Å². The summed E-state index contributed by atoms with van der Waals surface area (Å²) in [5.74, 6) is 1.29. The van der Waals surface area contributed by atoms with E-state index in [1.807, 2.05) is 78.9 Å². The lowest BCUT2D eigenvalue weighted by molar-refractivity contribution is 0.112. The van der Waals surface area contributed by atoms with Crippen LogP contribution in [0.25, 0.3) is 11.3 Å². The summed E-state index contributed by atoms with van der Waals surface area (Å²) in [6.07, 6.45) is 0.873. The Morgan fingerprint density at radius 1 is 0.806 bits per heavy atom. The summed E-state index contributed by atoms with van der Waals surface area (Å²) in [6.45, 7) is 4.52. The van der Waals surface area contributed by atoms with Gasteiger partial charge in [-0.1, -0.05) is 42.5 Å². The number of halogens is 1. The Balaban J connectivity index is 1.24. The van der Waals surface area contributed by atoms with Gasteiger partial charge in [0.25, 0.3) is 0 Å². The van der Waals surface area contributed by atoms with Crippen LogP contribution < -0.4 is 9.64 Å². The predicted octanol–water partition coefficient (Wildman–Crippen LogP) is 5.60. The first-order valence-electron chi connectivity index (χ1n) is 12.1. The van der Waals surface area contributed by atoms with Gasteiger partial charge in [0.2, 0.25) is 0 Å². The summed E-state index contributed by atoms with van der Waals surface area (Å²) < 4.78 is 19.1. The molecule has 0 spiro atoms. The summed E-state index contributed by atoms with van der Waals surface area (Å²) in [5.41, 5.74) is 4.59. The number of benzene rings is 3. The van der Waals surface area contributed by atoms with Gasteiger partial charge in [-0.15, -0.1) is 0 Å². The molecule has 36 heavy (non-hydrogen) atoms. The maximum Gasteiger partial charge on any atom is 0.153 e. The van der Waals surface area contributed by atoms with E-state index in [1.54, 1.807) is 0 Å². The van der Waals surface area contributed by atoms with Crippen molar-refractivity contribution < 1.29 is 13.9 Å². The van der Waals surface area contributed by atoms with Gasteiger partial charge in [0.15, 0.2) is 6.29 Å². The monoisotopic (exact) mass is 481 g/mol. The molecule has 0 unspecified atom stereocenters. The topological polar surface area (TPSA) is 45.7 Å². The summed E-state index contributed by atoms with van der Waals surface area (Å²) in [6, 6.07) is 28.3. The standard InChI is InChI=1S/C30H28FN3O2/c31-27-11-6-23(7-12-27)20-33-16-18-34(19-17-33)30-26(21-35)10-15-29(32-30)25-8-13-28(14-9-25)36-22-24-4-2-1-3-5-24/h1-15,21H,16-20,22H2. The average Bonchev–Trinajstić information content (AvgIpc) is 2.94. The molecule has 0 atom stereocenters. The van der Waals surface area contributed by atoms with E-state index in [0.29, 0.717) is 18.0 Å². The van der Waals surface area contributed by atoms with Gasteiger partial charge in [0, 0.05) is 38.3 Å². The zero-order valence-electron chi connectivity index (χ0n) is 20.0. The number of ether oxygens (including phenoxy) is 1. The van der Waals surface area contributed by atoms with Gasteiger partial charge >= 0.3 is 0 Å². The van der Waals surface area contributed by atoms with Crippen molar-refractivity contribution in [1.82, 2.24) is 9.88 Å². The Morgan fingerprint density at radius 3 is 2.22 bits per heavy atom. The second-order valence-electron chi connectivity index (χ2n) is 8.92. The van der Waals surface area contributed by atoms with Crippen LogP contribution in [0.4, 0.5) is 10.2 Å². The van der Waals surface area contributed by atoms with Crippen LogP contribution in [0.1, 0.15) is 21.5 Å². The maximum absolute atomic E-state index is 13.2. The molecule has 0 aliphatic carbocycles. The SMILES string of the molecule is O=Cc1ccc(-c2ccc(OCc3ccccc3)cc2)nc1N1CCN(Cc2ccc(F)cc2)CC1. The van der Waals surface area contributed by atoms with Gasteiger partial charge in [-0.25, -0.2) is 9.37 Å². The minimum absolute atomic E-state index is 0.217. The number of hydrogen-bond donors (Lipinski definition) is 0. The molecular weight excluding hydrogens is 453 g/mol. The maximum atomic E-state index is 13.2. The third-order valence-electron chi connectivity index (χ3n) is 6.42. The molecule has 0 radical (unpaired) electrons. The Kier molecular flexibility index (Phi) is 7.33. The van der Waals surface area contributed by atoms with Crippen molar-refractivity contribution in [1.29, 1.82) is 0 Å². The molecule has 1 fully saturated rings. The van der Waals surface area contributed by atoms with Crippen molar-refractivity contribution in [3.63, 3.8) is 0 Å². The van der Waals surface area contributed by atoms with E-state index in [4.69, 9.17) is 9.72 Å². The van der Waals surface area contributed by atoms with E-state index in [1.165, 1.54) is 12.1 Å². The molecule has 0 bridgehead atoms. The van der Waals surface area contributed by atoms with Gasteiger partial charge in [0.1, 0.15) is 24.0 Å². The molecule has 4 aromatic rings. The van der Waals surface area contributed by atoms with Crippen LogP contribution in [-0.2, 0) is 13.2 Å². The fourth-order valence-corrected chi connectivity index (χ4v) is 4.39. The second kappa shape index (κ2) is 11.1. The number of aromatic nitrogens is 1. The van der Waals surface area contributed by atoms with Gasteiger partial charge in [-0.05, 0) is 59.7 Å². The average molecular weight is 482 g/mol. The van der Waals surface area contributed by atoms with Crippen LogP contribution in [0.15, 0.2) is 91.0 Å². The number of pyridine rings is 1. The van der Waals surface area contributed by atoms with Gasteiger partial charge in [-0.2, -0.15) is 0 Å². The molecule has 1 aliphatic rings. The highest BCUT2D eigenvalue weighted by Crippen LogP contribution is 2.26. The molecular formula is C30H28FN3O2. The van der Waals surface area contributed by atoms with Gasteiger partial charge in [0.05, 0.1) is 11.3 Å². The molecule has 3 aromatic carbocycles. The molecule has 182 valence electrons. The minimum atomic E-state index is -0.217. The summed E-state index contributed by atoms with van der Waals surface area (Å²) >= 11 is 0. The number of piperazine rings is 1. The molecule has 5 rings (SSSR count). The Hall–Kier alpha value is -4.03. The lowest BCUT2D eigenvalue weighted by atomic mass is 10.1. The lowest BCUT2D eigenvalue weighted by Crippen LogP contribution is -2.46. The second-order valence-corrected chi connectivity index (χ2v) is 8.92. The normalized spacial score (nSPS) is 14.0. The van der Waals surface area contributed by atoms with Crippen LogP contribution in [0.3, 0.4) is 0 Å². The highest BCUT2D eigenvalue weighted by atomic mass is 19.1. The number of aldehydes is 1. The highest BCUT2D eigenvalue weighted by molar-refractivity contribution is 5.84. The zero-order valence-corrected chi connectivity index (χ0v) is 20.0. The van der Waals surface area contributed by atoms with E-state index >= 15 is 0 Å². The van der Waals surface area contributed by atoms with Crippen LogP contribution in [0, 0.1) is 5.82 Å². The number of nitrogens with zero attached hydrogens (tertiary/aromatic N) is 3. The largest absolute Gasteiger partial charge is 0.489 e. The Labute approximate surface area is 210 Å². The summed E-state index contributed by atoms with van der Waals surface area (Å²) in [7, 11) is 0. The Bertz CT molecular complexity index is 1290. The smallest absolute Gasteiger partial charge is 0.153 e. The van der Waals surface area contributed by atoms with Crippen molar-refractivity contribution in [2.24, 2.45) is 0 Å². The molecule has 2 heterocycles. The molecule has 1 aliphatic heterocycles. The highest BCUT2D eigenvalue weighted by Gasteiger charge is 2.21. The fraction of sp³-hybridized carbons (Fsp3) is 0.200. The lowest BCUT2D eigenvalue weighted by Gasteiger charge is -2.36. The quantitative estimate of drug-likeness (QED) is 0.307. The zero-order chi connectivity index (χ0) is 24.7. The van der Waals surface area contributed by atoms with Crippen molar-refractivity contribution in [3.05, 3.63) is 114 Å². The molecule has 5 nitrogen and oxygen atoms in total. The fourth-order valence-electron chi connectivity index (χ4n) is 4.39. The predicted molar refractivity (Wildman–Crippen MR) is 140 cm³/mol. The molecule has 0 amide bonds. The first-order chi connectivity index (χ1) is 17.7. The molecule has 1 saturated heterocycles. The van der Waals surface area contributed by atoms with Gasteiger partial charge in [-0.3, -0.25) is 9.69 Å². The van der Waals surface area contributed by atoms with Crippen molar-refractivity contribution in [2.75, 3.05) is 31.1 Å². The number of rotatable bonds is 8. The number of anilines is 1. The van der Waals surface area contributed by atoms with Crippen LogP contribution >= 0.6 is 0 Å². The first-order valence-corrected chi connectivity index (χ1v) is 12.1. The summed E-state index contributed by atoms with van der Waals surface area (Å²) in [5, 5.41) is 0. The summed E-state index contributed by atoms with van der Waals surface area (Å²) in [4.78, 5) is 21.1. The van der Waals surface area contributed by atoms with Crippen LogP contribution in [0.5, 0.6) is 5.75 Å². The number of carbonyl (C=O) groups is 1. The van der Waals surface area contributed by atoms with Crippen molar-refractivity contribution in [2.45, 2.75) is 13.2 Å². The number of hydrogen-bond acceptors (Lipinski definition) is 5. The number of carbonyl (C=O) groups excluding carboxylic acids is 1. The molecule has 1 aromatic heterocycles. The van der Waals surface area contributed by atoms with Crippen molar-refractivity contribution >= 4 is 12.1 Å². The van der Waals surface area contributed by atoms with E-state index in [-0.39, 0.29) is 5.82 Å². The Morgan fingerprint density at radius 2 is 1.53 bits per heavy atom. The van der Waals surface area contributed by atoms with Crippen LogP contribution in [0.2, 0.25) is 0 Å². The van der Waals surface area contributed by atoms with Crippen LogP contribution in [-0.4, -0.2) is 42.3 Å².